The number of hydrogen-bond donors (Lipinski definition) is 1. The number of nitrogens with zero attached hydrogens (tertiary/aromatic N) is 2. The Kier molecular flexibility index (Phi) is 2.90. The monoisotopic (exact) mass is 283 g/mol. The smallest absolute Gasteiger partial charge is 0.216 e. The van der Waals surface area contributed by atoms with Gasteiger partial charge in [0.15, 0.2) is 0 Å². The number of halogens is 1. The number of benzene rings is 1. The fourth-order valence-electron chi connectivity index (χ4n) is 1.62. The van der Waals surface area contributed by atoms with E-state index in [0.29, 0.717) is 12.6 Å². The van der Waals surface area contributed by atoms with Gasteiger partial charge in [0, 0.05) is 11.5 Å². The van der Waals surface area contributed by atoms with Gasteiger partial charge >= 0.3 is 0 Å². The first-order valence-corrected chi connectivity index (χ1v) is 5.78. The summed E-state index contributed by atoms with van der Waals surface area (Å²) < 4.78 is 1.03. The predicted molar refractivity (Wildman–Crippen MR) is 66.8 cm³/mol. The molecule has 4 nitrogen and oxygen atoms in total. The minimum atomic E-state index is -0.416. The molecule has 0 fully saturated rings. The topological polar surface area (TPSA) is 50.8 Å². The molecule has 0 spiro atoms. The van der Waals surface area contributed by atoms with Crippen LogP contribution in [0.5, 0.6) is 0 Å². The summed E-state index contributed by atoms with van der Waals surface area (Å²) in [5.74, 6) is 0.397. The zero-order valence-corrected chi connectivity index (χ0v) is 10.9. The molecular weight excluding hydrogens is 270 g/mol. The molecule has 2 N–H and O–H groups in total. The standard InChI is InChI=1S/C11H14BrN3O/c1-11(7-16-15(2)10(13)14-11)8-4-3-5-9(12)6-8/h3-6H,7H2,1-2H3,(H2,13,14). The highest BCUT2D eigenvalue weighted by molar-refractivity contribution is 9.10. The van der Waals surface area contributed by atoms with Crippen molar-refractivity contribution >= 4 is 21.9 Å². The van der Waals surface area contributed by atoms with Crippen LogP contribution in [0.4, 0.5) is 0 Å². The summed E-state index contributed by atoms with van der Waals surface area (Å²) in [6.07, 6.45) is 0. The largest absolute Gasteiger partial charge is 0.368 e. The molecule has 0 bridgehead atoms. The van der Waals surface area contributed by atoms with Crippen molar-refractivity contribution in [1.29, 1.82) is 0 Å². The summed E-state index contributed by atoms with van der Waals surface area (Å²) >= 11 is 3.45. The molecule has 16 heavy (non-hydrogen) atoms. The number of guanidine groups is 1. The average Bonchev–Trinajstić information content (AvgIpc) is 2.24. The van der Waals surface area contributed by atoms with Crippen molar-refractivity contribution in [1.82, 2.24) is 5.06 Å². The highest BCUT2D eigenvalue weighted by atomic mass is 79.9. The van der Waals surface area contributed by atoms with Crippen LogP contribution >= 0.6 is 15.9 Å². The maximum absolute atomic E-state index is 5.77. The molecule has 1 unspecified atom stereocenters. The van der Waals surface area contributed by atoms with Crippen molar-refractivity contribution in [2.45, 2.75) is 12.5 Å². The molecule has 0 amide bonds. The van der Waals surface area contributed by atoms with Crippen molar-refractivity contribution < 1.29 is 4.84 Å². The zero-order chi connectivity index (χ0) is 11.8. The van der Waals surface area contributed by atoms with E-state index in [-0.39, 0.29) is 0 Å². The molecule has 1 heterocycles. The molecular formula is C11H14BrN3O. The molecule has 0 saturated carbocycles. The first-order chi connectivity index (χ1) is 7.51. The van der Waals surface area contributed by atoms with Crippen LogP contribution in [-0.4, -0.2) is 24.7 Å². The van der Waals surface area contributed by atoms with E-state index in [2.05, 4.69) is 20.9 Å². The fraction of sp³-hybridized carbons (Fsp3) is 0.364. The van der Waals surface area contributed by atoms with Crippen molar-refractivity contribution in [3.8, 4) is 0 Å². The molecule has 5 heteroatoms. The van der Waals surface area contributed by atoms with Gasteiger partial charge in [0.25, 0.3) is 0 Å². The lowest BCUT2D eigenvalue weighted by atomic mass is 9.93. The van der Waals surface area contributed by atoms with Crippen LogP contribution in [0.1, 0.15) is 12.5 Å². The summed E-state index contributed by atoms with van der Waals surface area (Å²) in [7, 11) is 1.75. The van der Waals surface area contributed by atoms with Crippen molar-refractivity contribution in [3.63, 3.8) is 0 Å². The fourth-order valence-corrected chi connectivity index (χ4v) is 2.01. The average molecular weight is 284 g/mol. The SMILES string of the molecule is CN1OCC(C)(c2cccc(Br)c2)N=C1N. The lowest BCUT2D eigenvalue weighted by Crippen LogP contribution is -2.45. The van der Waals surface area contributed by atoms with Crippen molar-refractivity contribution in [2.24, 2.45) is 10.7 Å². The Morgan fingerprint density at radius 1 is 1.56 bits per heavy atom. The molecule has 1 aromatic carbocycles. The van der Waals surface area contributed by atoms with E-state index in [9.17, 15) is 0 Å². The second-order valence-corrected chi connectivity index (χ2v) is 4.94. The first kappa shape index (κ1) is 11.4. The number of hydroxylamine groups is 2. The first-order valence-electron chi connectivity index (χ1n) is 4.99. The van der Waals surface area contributed by atoms with E-state index in [1.807, 2.05) is 31.2 Å². The van der Waals surface area contributed by atoms with Crippen LogP contribution in [0.2, 0.25) is 0 Å². The summed E-state index contributed by atoms with van der Waals surface area (Å²) in [5, 5.41) is 1.49. The molecule has 0 aliphatic carbocycles. The van der Waals surface area contributed by atoms with Crippen molar-refractivity contribution in [2.75, 3.05) is 13.7 Å². The normalized spacial score (nSPS) is 25.4. The van der Waals surface area contributed by atoms with Gasteiger partial charge in [-0.1, -0.05) is 28.1 Å². The van der Waals surface area contributed by atoms with E-state index in [0.717, 1.165) is 10.0 Å². The molecule has 1 aliphatic rings. The number of rotatable bonds is 1. The highest BCUT2D eigenvalue weighted by Crippen LogP contribution is 2.30. The Labute approximate surface area is 103 Å². The molecule has 2 rings (SSSR count). The third-order valence-corrected chi connectivity index (χ3v) is 3.16. The lowest BCUT2D eigenvalue weighted by Gasteiger charge is -2.34. The molecule has 1 atom stereocenters. The van der Waals surface area contributed by atoms with Gasteiger partial charge in [-0.2, -0.15) is 0 Å². The summed E-state index contributed by atoms with van der Waals surface area (Å²) in [5.41, 5.74) is 6.43. The van der Waals surface area contributed by atoms with Gasteiger partial charge in [0.05, 0.1) is 0 Å². The van der Waals surface area contributed by atoms with Gasteiger partial charge in [-0.3, -0.25) is 4.84 Å². The van der Waals surface area contributed by atoms with Gasteiger partial charge in [-0.15, -0.1) is 0 Å². The highest BCUT2D eigenvalue weighted by Gasteiger charge is 2.32. The Hall–Kier alpha value is -1.07. The zero-order valence-electron chi connectivity index (χ0n) is 9.27. The van der Waals surface area contributed by atoms with Gasteiger partial charge in [-0.25, -0.2) is 10.1 Å². The quantitative estimate of drug-likeness (QED) is 0.856. The summed E-state index contributed by atoms with van der Waals surface area (Å²) in [6, 6.07) is 8.02. The van der Waals surface area contributed by atoms with Gasteiger partial charge in [0.2, 0.25) is 5.96 Å². The van der Waals surface area contributed by atoms with Gasteiger partial charge in [0.1, 0.15) is 12.1 Å². The Balaban J connectivity index is 2.40. The second-order valence-electron chi connectivity index (χ2n) is 4.03. The molecule has 86 valence electrons. The molecule has 0 aromatic heterocycles. The number of hydrogen-bond acceptors (Lipinski definition) is 4. The van der Waals surface area contributed by atoms with Crippen LogP contribution in [-0.2, 0) is 10.4 Å². The Bertz CT molecular complexity index is 435. The van der Waals surface area contributed by atoms with Crippen molar-refractivity contribution in [3.05, 3.63) is 34.3 Å². The van der Waals surface area contributed by atoms with E-state index < -0.39 is 5.54 Å². The third-order valence-electron chi connectivity index (χ3n) is 2.67. The minimum Gasteiger partial charge on any atom is -0.368 e. The van der Waals surface area contributed by atoms with Crippen LogP contribution in [0.15, 0.2) is 33.7 Å². The number of aliphatic imine (C=N–C) groups is 1. The van der Waals surface area contributed by atoms with E-state index in [1.54, 1.807) is 7.05 Å². The molecule has 0 radical (unpaired) electrons. The van der Waals surface area contributed by atoms with Crippen LogP contribution in [0.3, 0.4) is 0 Å². The van der Waals surface area contributed by atoms with E-state index >= 15 is 0 Å². The van der Waals surface area contributed by atoms with Crippen LogP contribution < -0.4 is 5.73 Å². The van der Waals surface area contributed by atoms with Crippen LogP contribution in [0, 0.1) is 0 Å². The van der Waals surface area contributed by atoms with Gasteiger partial charge < -0.3 is 5.73 Å². The Morgan fingerprint density at radius 2 is 2.31 bits per heavy atom. The molecule has 1 aliphatic heterocycles. The summed E-state index contributed by atoms with van der Waals surface area (Å²) in [6.45, 7) is 2.50. The number of nitrogens with two attached hydrogens (primary N) is 1. The predicted octanol–water partition coefficient (Wildman–Crippen LogP) is 1.86. The van der Waals surface area contributed by atoms with Gasteiger partial charge in [-0.05, 0) is 24.6 Å². The summed E-state index contributed by atoms with van der Waals surface area (Å²) in [4.78, 5) is 9.94. The maximum Gasteiger partial charge on any atom is 0.216 e. The van der Waals surface area contributed by atoms with E-state index in [4.69, 9.17) is 10.6 Å². The lowest BCUT2D eigenvalue weighted by molar-refractivity contribution is -0.113. The molecule has 0 saturated heterocycles. The minimum absolute atomic E-state index is 0.397. The van der Waals surface area contributed by atoms with E-state index in [1.165, 1.54) is 5.06 Å². The maximum atomic E-state index is 5.77. The van der Waals surface area contributed by atoms with Crippen LogP contribution in [0.25, 0.3) is 0 Å². The third kappa shape index (κ3) is 2.05. The Morgan fingerprint density at radius 3 is 2.94 bits per heavy atom. The second kappa shape index (κ2) is 4.07. The molecule has 1 aromatic rings.